The van der Waals surface area contributed by atoms with Crippen LogP contribution in [0.25, 0.3) is 0 Å². The largest absolute Gasteiger partial charge is 0.497 e. The molecule has 0 aliphatic carbocycles. The van der Waals surface area contributed by atoms with Gasteiger partial charge in [0.25, 0.3) is 11.8 Å². The summed E-state index contributed by atoms with van der Waals surface area (Å²) in [7, 11) is 3.12. The van der Waals surface area contributed by atoms with Crippen molar-refractivity contribution in [2.45, 2.75) is 0 Å². The first-order valence-corrected chi connectivity index (χ1v) is 8.21. The minimum Gasteiger partial charge on any atom is -0.497 e. The Hall–Kier alpha value is -3.26. The molecule has 0 aromatic heterocycles. The quantitative estimate of drug-likeness (QED) is 0.511. The Morgan fingerprint density at radius 3 is 2.26 bits per heavy atom. The second kappa shape index (κ2) is 10.7. The Bertz CT molecular complexity index is 748. The van der Waals surface area contributed by atoms with E-state index in [1.165, 1.54) is 0 Å². The van der Waals surface area contributed by atoms with Crippen molar-refractivity contribution < 1.29 is 28.5 Å². The van der Waals surface area contributed by atoms with E-state index in [2.05, 4.69) is 10.9 Å². The van der Waals surface area contributed by atoms with Gasteiger partial charge in [-0.1, -0.05) is 12.1 Å². The number of rotatable bonds is 9. The monoisotopic (exact) mass is 374 g/mol. The fraction of sp³-hybridized carbons (Fsp3) is 0.263. The summed E-state index contributed by atoms with van der Waals surface area (Å²) < 4.78 is 20.8. The molecular formula is C19H22N2O6. The highest BCUT2D eigenvalue weighted by molar-refractivity contribution is 5.97. The smallest absolute Gasteiger partial charge is 0.276 e. The molecule has 0 saturated carbocycles. The SMILES string of the molecule is COCCOc1ccccc1C(=O)NNC(=O)COc1ccc(OC)cc1. The predicted octanol–water partition coefficient (Wildman–Crippen LogP) is 1.56. The first-order valence-electron chi connectivity index (χ1n) is 8.21. The van der Waals surface area contributed by atoms with E-state index < -0.39 is 11.8 Å². The van der Waals surface area contributed by atoms with Gasteiger partial charge >= 0.3 is 0 Å². The molecule has 27 heavy (non-hydrogen) atoms. The molecule has 2 N–H and O–H groups in total. The zero-order valence-electron chi connectivity index (χ0n) is 15.2. The molecule has 8 heteroatoms. The maximum atomic E-state index is 12.3. The molecule has 0 radical (unpaired) electrons. The molecule has 0 unspecified atom stereocenters. The second-order valence-electron chi connectivity index (χ2n) is 5.30. The normalized spacial score (nSPS) is 10.0. The average Bonchev–Trinajstić information content (AvgIpc) is 2.71. The Labute approximate surface area is 157 Å². The van der Waals surface area contributed by atoms with Crippen LogP contribution >= 0.6 is 0 Å². The van der Waals surface area contributed by atoms with E-state index >= 15 is 0 Å². The van der Waals surface area contributed by atoms with Crippen molar-refractivity contribution in [1.29, 1.82) is 0 Å². The summed E-state index contributed by atoms with van der Waals surface area (Å²) in [5.41, 5.74) is 4.93. The van der Waals surface area contributed by atoms with Crippen LogP contribution in [0, 0.1) is 0 Å². The highest BCUT2D eigenvalue weighted by atomic mass is 16.5. The van der Waals surface area contributed by atoms with Gasteiger partial charge in [0.05, 0.1) is 19.3 Å². The lowest BCUT2D eigenvalue weighted by Crippen LogP contribution is -2.43. The van der Waals surface area contributed by atoms with E-state index in [9.17, 15) is 9.59 Å². The third kappa shape index (κ3) is 6.52. The van der Waals surface area contributed by atoms with Gasteiger partial charge < -0.3 is 18.9 Å². The lowest BCUT2D eigenvalue weighted by Gasteiger charge is -2.12. The molecule has 0 aliphatic heterocycles. The topological polar surface area (TPSA) is 95.1 Å². The van der Waals surface area contributed by atoms with Gasteiger partial charge in [0.15, 0.2) is 6.61 Å². The third-order valence-electron chi connectivity index (χ3n) is 3.42. The lowest BCUT2D eigenvalue weighted by molar-refractivity contribution is -0.123. The summed E-state index contributed by atoms with van der Waals surface area (Å²) in [4.78, 5) is 24.1. The van der Waals surface area contributed by atoms with Crippen LogP contribution in [0.4, 0.5) is 0 Å². The van der Waals surface area contributed by atoms with E-state index in [-0.39, 0.29) is 6.61 Å². The summed E-state index contributed by atoms with van der Waals surface area (Å²) in [6.45, 7) is 0.455. The Morgan fingerprint density at radius 1 is 0.852 bits per heavy atom. The number of carbonyl (C=O) groups is 2. The van der Waals surface area contributed by atoms with Crippen LogP contribution in [0.3, 0.4) is 0 Å². The van der Waals surface area contributed by atoms with Crippen molar-refractivity contribution in [3.63, 3.8) is 0 Å². The van der Waals surface area contributed by atoms with E-state index in [1.54, 1.807) is 62.8 Å². The molecule has 2 aromatic carbocycles. The van der Waals surface area contributed by atoms with Crippen molar-refractivity contribution in [1.82, 2.24) is 10.9 Å². The first kappa shape index (κ1) is 20.1. The highest BCUT2D eigenvalue weighted by Gasteiger charge is 2.13. The predicted molar refractivity (Wildman–Crippen MR) is 97.9 cm³/mol. The Kier molecular flexibility index (Phi) is 7.92. The van der Waals surface area contributed by atoms with E-state index in [1.807, 2.05) is 0 Å². The molecule has 0 aliphatic rings. The second-order valence-corrected chi connectivity index (χ2v) is 5.30. The highest BCUT2D eigenvalue weighted by Crippen LogP contribution is 2.18. The molecule has 0 saturated heterocycles. The molecule has 0 fully saturated rings. The van der Waals surface area contributed by atoms with Crippen molar-refractivity contribution in [2.24, 2.45) is 0 Å². The van der Waals surface area contributed by atoms with Crippen molar-refractivity contribution in [2.75, 3.05) is 34.0 Å². The Morgan fingerprint density at radius 2 is 1.56 bits per heavy atom. The number of amides is 2. The molecule has 0 atom stereocenters. The van der Waals surface area contributed by atoms with Crippen LogP contribution in [-0.4, -0.2) is 45.9 Å². The Balaban J connectivity index is 1.81. The number of benzene rings is 2. The van der Waals surface area contributed by atoms with Gasteiger partial charge in [-0.05, 0) is 36.4 Å². The van der Waals surface area contributed by atoms with Crippen molar-refractivity contribution >= 4 is 11.8 Å². The summed E-state index contributed by atoms with van der Waals surface area (Å²) >= 11 is 0. The summed E-state index contributed by atoms with van der Waals surface area (Å²) in [6.07, 6.45) is 0. The van der Waals surface area contributed by atoms with Crippen LogP contribution in [0.5, 0.6) is 17.2 Å². The van der Waals surface area contributed by atoms with Crippen LogP contribution in [0.2, 0.25) is 0 Å². The van der Waals surface area contributed by atoms with E-state index in [0.29, 0.717) is 36.0 Å². The number of hydrogen-bond donors (Lipinski definition) is 2. The minimum absolute atomic E-state index is 0.251. The molecule has 0 heterocycles. The van der Waals surface area contributed by atoms with E-state index in [0.717, 1.165) is 0 Å². The summed E-state index contributed by atoms with van der Waals surface area (Å²) in [6, 6.07) is 13.5. The maximum Gasteiger partial charge on any atom is 0.276 e. The van der Waals surface area contributed by atoms with Crippen LogP contribution in [0.15, 0.2) is 48.5 Å². The molecule has 2 aromatic rings. The maximum absolute atomic E-state index is 12.3. The fourth-order valence-corrected chi connectivity index (χ4v) is 2.07. The number of ether oxygens (including phenoxy) is 4. The van der Waals surface area contributed by atoms with Crippen LogP contribution in [-0.2, 0) is 9.53 Å². The standard InChI is InChI=1S/C19H22N2O6/c1-24-11-12-26-17-6-4-3-5-16(17)19(23)21-20-18(22)13-27-15-9-7-14(25-2)8-10-15/h3-10H,11-13H2,1-2H3,(H,20,22)(H,21,23). The van der Waals surface area contributed by atoms with Gasteiger partial charge in [0.1, 0.15) is 23.9 Å². The van der Waals surface area contributed by atoms with Gasteiger partial charge in [-0.2, -0.15) is 0 Å². The fourth-order valence-electron chi connectivity index (χ4n) is 2.07. The van der Waals surface area contributed by atoms with Crippen LogP contribution in [0.1, 0.15) is 10.4 Å². The molecule has 0 spiro atoms. The van der Waals surface area contributed by atoms with Gasteiger partial charge in [-0.15, -0.1) is 0 Å². The molecule has 0 bridgehead atoms. The van der Waals surface area contributed by atoms with Gasteiger partial charge in [-0.3, -0.25) is 20.4 Å². The number of nitrogens with one attached hydrogen (secondary N) is 2. The number of hydrazine groups is 1. The molecule has 2 amide bonds. The summed E-state index contributed by atoms with van der Waals surface area (Å²) in [5, 5.41) is 0. The molecule has 2 rings (SSSR count). The molecule has 8 nitrogen and oxygen atoms in total. The summed E-state index contributed by atoms with van der Waals surface area (Å²) in [5.74, 6) is 0.591. The third-order valence-corrected chi connectivity index (χ3v) is 3.42. The van der Waals surface area contributed by atoms with Gasteiger partial charge in [-0.25, -0.2) is 0 Å². The number of para-hydroxylation sites is 1. The molecule has 144 valence electrons. The van der Waals surface area contributed by atoms with E-state index in [4.69, 9.17) is 18.9 Å². The van der Waals surface area contributed by atoms with Gasteiger partial charge in [0, 0.05) is 7.11 Å². The van der Waals surface area contributed by atoms with Crippen LogP contribution < -0.4 is 25.1 Å². The number of carbonyl (C=O) groups excluding carboxylic acids is 2. The van der Waals surface area contributed by atoms with Crippen molar-refractivity contribution in [3.8, 4) is 17.2 Å². The lowest BCUT2D eigenvalue weighted by atomic mass is 10.2. The molecular weight excluding hydrogens is 352 g/mol. The zero-order valence-corrected chi connectivity index (χ0v) is 15.2. The number of hydrogen-bond acceptors (Lipinski definition) is 6. The zero-order chi connectivity index (χ0) is 19.5. The van der Waals surface area contributed by atoms with Gasteiger partial charge in [0.2, 0.25) is 0 Å². The van der Waals surface area contributed by atoms with Crippen molar-refractivity contribution in [3.05, 3.63) is 54.1 Å². The number of methoxy groups -OCH3 is 2. The minimum atomic E-state index is -0.503. The average molecular weight is 374 g/mol. The first-order chi connectivity index (χ1) is 13.1.